The first kappa shape index (κ1) is 18.0. The van der Waals surface area contributed by atoms with E-state index in [9.17, 15) is 9.59 Å². The number of methoxy groups -OCH3 is 2. The Labute approximate surface area is 152 Å². The molecule has 0 spiro atoms. The second-order valence-corrected chi connectivity index (χ2v) is 6.49. The molecule has 0 bridgehead atoms. The van der Waals surface area contributed by atoms with Crippen molar-refractivity contribution in [2.45, 2.75) is 37.5 Å². The van der Waals surface area contributed by atoms with Gasteiger partial charge in [-0.3, -0.25) is 0 Å². The highest BCUT2D eigenvalue weighted by atomic mass is 16.5. The molecule has 0 atom stereocenters. The van der Waals surface area contributed by atoms with Gasteiger partial charge >= 0.3 is 11.9 Å². The van der Waals surface area contributed by atoms with E-state index in [1.54, 1.807) is 24.5 Å². The number of rotatable bonds is 4. The summed E-state index contributed by atoms with van der Waals surface area (Å²) < 4.78 is 9.36. The summed E-state index contributed by atoms with van der Waals surface area (Å²) in [5.41, 5.74) is 2.99. The van der Waals surface area contributed by atoms with Gasteiger partial charge in [0.15, 0.2) is 0 Å². The molecular weight excluding hydrogens is 332 g/mol. The van der Waals surface area contributed by atoms with Crippen LogP contribution in [0.3, 0.4) is 0 Å². The normalized spacial score (nSPS) is 19.6. The van der Waals surface area contributed by atoms with Crippen LogP contribution in [0.2, 0.25) is 0 Å². The van der Waals surface area contributed by atoms with E-state index in [1.807, 2.05) is 12.1 Å². The maximum absolute atomic E-state index is 11.5. The summed E-state index contributed by atoms with van der Waals surface area (Å²) in [6.07, 6.45) is 7.80. The number of hydrogen-bond acceptors (Lipinski definition) is 6. The van der Waals surface area contributed by atoms with Gasteiger partial charge in [0.1, 0.15) is 11.4 Å². The van der Waals surface area contributed by atoms with Crippen LogP contribution in [0.4, 0.5) is 0 Å². The lowest BCUT2D eigenvalue weighted by molar-refractivity contribution is 0.0585. The van der Waals surface area contributed by atoms with Crippen molar-refractivity contribution >= 4 is 11.9 Å². The van der Waals surface area contributed by atoms with Crippen molar-refractivity contribution in [3.63, 3.8) is 0 Å². The maximum Gasteiger partial charge on any atom is 0.356 e. The third-order valence-corrected chi connectivity index (χ3v) is 5.03. The number of pyridine rings is 2. The maximum atomic E-state index is 11.5. The molecule has 0 amide bonds. The second-order valence-electron chi connectivity index (χ2n) is 6.49. The highest BCUT2D eigenvalue weighted by Crippen LogP contribution is 2.40. The lowest BCUT2D eigenvalue weighted by Gasteiger charge is -2.28. The van der Waals surface area contributed by atoms with E-state index in [2.05, 4.69) is 19.4 Å². The third kappa shape index (κ3) is 3.90. The molecule has 0 saturated heterocycles. The zero-order chi connectivity index (χ0) is 18.5. The first-order valence-corrected chi connectivity index (χ1v) is 8.71. The highest BCUT2D eigenvalue weighted by Gasteiger charge is 2.24. The molecule has 1 fully saturated rings. The highest BCUT2D eigenvalue weighted by molar-refractivity contribution is 5.87. The molecule has 2 aromatic rings. The number of carbonyl (C=O) groups is 2. The largest absolute Gasteiger partial charge is 0.464 e. The van der Waals surface area contributed by atoms with Gasteiger partial charge in [0, 0.05) is 12.4 Å². The van der Waals surface area contributed by atoms with Crippen molar-refractivity contribution in [3.8, 4) is 0 Å². The predicted molar refractivity (Wildman–Crippen MR) is 95.1 cm³/mol. The smallest absolute Gasteiger partial charge is 0.356 e. The van der Waals surface area contributed by atoms with Gasteiger partial charge < -0.3 is 9.47 Å². The van der Waals surface area contributed by atoms with E-state index in [0.29, 0.717) is 23.2 Å². The molecular formula is C20H22N2O4. The van der Waals surface area contributed by atoms with Crippen LogP contribution in [0.1, 0.15) is 69.6 Å². The fourth-order valence-corrected chi connectivity index (χ4v) is 3.50. The van der Waals surface area contributed by atoms with Gasteiger partial charge in [-0.15, -0.1) is 0 Å². The van der Waals surface area contributed by atoms with Gasteiger partial charge in [-0.25, -0.2) is 19.6 Å². The first-order valence-electron chi connectivity index (χ1n) is 8.71. The average Bonchev–Trinajstić information content (AvgIpc) is 2.73. The van der Waals surface area contributed by atoms with Gasteiger partial charge in [-0.1, -0.05) is 12.1 Å². The number of hydrogen-bond donors (Lipinski definition) is 0. The predicted octanol–water partition coefficient (Wildman–Crippen LogP) is 3.49. The molecule has 0 N–H and O–H groups in total. The van der Waals surface area contributed by atoms with Crippen molar-refractivity contribution in [2.24, 2.45) is 0 Å². The van der Waals surface area contributed by atoms with E-state index >= 15 is 0 Å². The van der Waals surface area contributed by atoms with Crippen molar-refractivity contribution in [2.75, 3.05) is 14.2 Å². The molecule has 6 heteroatoms. The summed E-state index contributed by atoms with van der Waals surface area (Å²) in [5, 5.41) is 0. The van der Waals surface area contributed by atoms with E-state index in [0.717, 1.165) is 36.8 Å². The molecule has 1 aliphatic carbocycles. The lowest BCUT2D eigenvalue weighted by Crippen LogP contribution is -2.14. The summed E-state index contributed by atoms with van der Waals surface area (Å²) >= 11 is 0. The van der Waals surface area contributed by atoms with Crippen LogP contribution < -0.4 is 0 Å². The van der Waals surface area contributed by atoms with Crippen LogP contribution in [-0.2, 0) is 9.47 Å². The third-order valence-electron chi connectivity index (χ3n) is 5.03. The summed E-state index contributed by atoms with van der Waals surface area (Å²) in [5.74, 6) is 0.0758. The van der Waals surface area contributed by atoms with Crippen LogP contribution in [-0.4, -0.2) is 36.1 Å². The number of nitrogens with zero attached hydrogens (tertiary/aromatic N) is 2. The summed E-state index contributed by atoms with van der Waals surface area (Å²) in [6, 6.07) is 7.39. The molecule has 6 nitrogen and oxygen atoms in total. The van der Waals surface area contributed by atoms with Crippen LogP contribution in [0.15, 0.2) is 36.7 Å². The number of esters is 2. The Morgan fingerprint density at radius 2 is 1.15 bits per heavy atom. The molecule has 1 saturated carbocycles. The number of aromatic nitrogens is 2. The summed E-state index contributed by atoms with van der Waals surface area (Å²) in [4.78, 5) is 31.3. The summed E-state index contributed by atoms with van der Waals surface area (Å²) in [7, 11) is 2.71. The minimum Gasteiger partial charge on any atom is -0.464 e. The fraction of sp³-hybridized carbons (Fsp3) is 0.400. The first-order chi connectivity index (χ1) is 12.6. The van der Waals surface area contributed by atoms with Crippen molar-refractivity contribution in [1.82, 2.24) is 9.97 Å². The molecule has 2 heterocycles. The molecule has 136 valence electrons. The number of carbonyl (C=O) groups excluding carboxylic acids is 2. The van der Waals surface area contributed by atoms with E-state index < -0.39 is 11.9 Å². The van der Waals surface area contributed by atoms with E-state index in [1.165, 1.54) is 14.2 Å². The molecule has 2 aromatic heterocycles. The van der Waals surface area contributed by atoms with Gasteiger partial charge in [0.25, 0.3) is 0 Å². The standard InChI is InChI=1S/C20H22N2O4/c1-25-19(23)17-9-7-15(11-21-17)13-3-5-14(6-4-13)16-8-10-18(22-12-16)20(24)26-2/h7-14H,3-6H2,1-2H3. The van der Waals surface area contributed by atoms with Crippen molar-refractivity contribution in [3.05, 3.63) is 59.2 Å². The lowest BCUT2D eigenvalue weighted by atomic mass is 9.77. The van der Waals surface area contributed by atoms with Gasteiger partial charge in [0.05, 0.1) is 14.2 Å². The Balaban J connectivity index is 1.60. The van der Waals surface area contributed by atoms with Crippen LogP contribution >= 0.6 is 0 Å². The Morgan fingerprint density at radius 1 is 0.769 bits per heavy atom. The molecule has 0 unspecified atom stereocenters. The van der Waals surface area contributed by atoms with Crippen molar-refractivity contribution < 1.29 is 19.1 Å². The molecule has 0 aromatic carbocycles. The minimum atomic E-state index is -0.414. The Kier molecular flexibility index (Phi) is 5.61. The molecule has 3 rings (SSSR count). The van der Waals surface area contributed by atoms with E-state index in [-0.39, 0.29) is 0 Å². The summed E-state index contributed by atoms with van der Waals surface area (Å²) in [6.45, 7) is 0. The van der Waals surface area contributed by atoms with Crippen LogP contribution in [0.25, 0.3) is 0 Å². The molecule has 0 radical (unpaired) electrons. The Hall–Kier alpha value is -2.76. The topological polar surface area (TPSA) is 78.4 Å². The zero-order valence-electron chi connectivity index (χ0n) is 15.0. The fourth-order valence-electron chi connectivity index (χ4n) is 3.50. The number of ether oxygens (including phenoxy) is 2. The Morgan fingerprint density at radius 3 is 1.42 bits per heavy atom. The zero-order valence-corrected chi connectivity index (χ0v) is 15.0. The van der Waals surface area contributed by atoms with Gasteiger partial charge in [-0.2, -0.15) is 0 Å². The average molecular weight is 354 g/mol. The quantitative estimate of drug-likeness (QED) is 0.782. The van der Waals surface area contributed by atoms with Crippen LogP contribution in [0, 0.1) is 0 Å². The molecule has 0 aliphatic heterocycles. The SMILES string of the molecule is COC(=O)c1ccc(C2CCC(c3ccc(C(=O)OC)nc3)CC2)cn1. The second kappa shape index (κ2) is 8.08. The minimum absolute atomic E-state index is 0.335. The molecule has 1 aliphatic rings. The molecule has 26 heavy (non-hydrogen) atoms. The van der Waals surface area contributed by atoms with E-state index in [4.69, 9.17) is 0 Å². The van der Waals surface area contributed by atoms with Gasteiger partial charge in [-0.05, 0) is 60.8 Å². The van der Waals surface area contributed by atoms with Crippen LogP contribution in [0.5, 0.6) is 0 Å². The Bertz CT molecular complexity index is 696. The van der Waals surface area contributed by atoms with Crippen molar-refractivity contribution in [1.29, 1.82) is 0 Å². The monoisotopic (exact) mass is 354 g/mol. The van der Waals surface area contributed by atoms with Gasteiger partial charge in [0.2, 0.25) is 0 Å².